The van der Waals surface area contributed by atoms with E-state index in [1.165, 1.54) is 19.3 Å². The van der Waals surface area contributed by atoms with Gasteiger partial charge < -0.3 is 4.90 Å². The number of nitrogens with zero attached hydrogens (tertiary/aromatic N) is 1. The van der Waals surface area contributed by atoms with Crippen LogP contribution in [0.4, 0.5) is 0 Å². The summed E-state index contributed by atoms with van der Waals surface area (Å²) < 4.78 is 0. The van der Waals surface area contributed by atoms with Gasteiger partial charge in [0.15, 0.2) is 0 Å². The molecule has 0 aromatic carbocycles. The molecule has 1 saturated heterocycles. The maximum Gasteiger partial charge on any atom is 0.264 e. The van der Waals surface area contributed by atoms with Crippen LogP contribution >= 0.6 is 11.6 Å². The molecule has 0 unspecified atom stereocenters. The largest absolute Gasteiger partial charge is 0.338 e. The highest BCUT2D eigenvalue weighted by molar-refractivity contribution is 6.41. The predicted octanol–water partition coefficient (Wildman–Crippen LogP) is 2.78. The van der Waals surface area contributed by atoms with Gasteiger partial charge in [0.25, 0.3) is 5.91 Å². The van der Waals surface area contributed by atoms with Gasteiger partial charge in [-0.1, -0.05) is 37.4 Å². The Morgan fingerprint density at radius 3 is 2.07 bits per heavy atom. The van der Waals surface area contributed by atoms with Crippen molar-refractivity contribution in [3.63, 3.8) is 0 Å². The second kappa shape index (κ2) is 4.56. The highest BCUT2D eigenvalue weighted by atomic mass is 35.5. The van der Waals surface area contributed by atoms with Gasteiger partial charge in [0.1, 0.15) is 0 Å². The molecule has 2 aliphatic rings. The van der Waals surface area contributed by atoms with Crippen molar-refractivity contribution in [2.75, 3.05) is 13.1 Å². The molecule has 0 aromatic rings. The van der Waals surface area contributed by atoms with Crippen LogP contribution in [0.3, 0.4) is 0 Å². The molecule has 84 valence electrons. The average molecular weight is 228 g/mol. The van der Waals surface area contributed by atoms with Crippen molar-refractivity contribution >= 4 is 17.5 Å². The van der Waals surface area contributed by atoms with E-state index in [2.05, 4.69) is 6.58 Å². The first-order valence-corrected chi connectivity index (χ1v) is 6.20. The Balaban J connectivity index is 1.81. The summed E-state index contributed by atoms with van der Waals surface area (Å²) in [4.78, 5) is 13.4. The number of hydrogen-bond donors (Lipinski definition) is 0. The van der Waals surface area contributed by atoms with Crippen molar-refractivity contribution in [1.29, 1.82) is 0 Å². The number of likely N-dealkylation sites (tertiary alicyclic amines) is 1. The zero-order chi connectivity index (χ0) is 10.8. The Labute approximate surface area is 96.3 Å². The molecule has 0 bridgehead atoms. The highest BCUT2D eigenvalue weighted by Gasteiger charge is 2.31. The van der Waals surface area contributed by atoms with Crippen LogP contribution in [0.2, 0.25) is 0 Å². The van der Waals surface area contributed by atoms with Gasteiger partial charge in [0, 0.05) is 13.1 Å². The van der Waals surface area contributed by atoms with E-state index in [0.29, 0.717) is 0 Å². The zero-order valence-electron chi connectivity index (χ0n) is 9.04. The summed E-state index contributed by atoms with van der Waals surface area (Å²) in [5, 5.41) is 0.150. The van der Waals surface area contributed by atoms with E-state index in [4.69, 9.17) is 11.6 Å². The number of carbonyl (C=O) groups excluding carboxylic acids is 1. The molecule has 0 N–H and O–H groups in total. The van der Waals surface area contributed by atoms with E-state index in [-0.39, 0.29) is 10.9 Å². The summed E-state index contributed by atoms with van der Waals surface area (Å²) in [6, 6.07) is 0. The van der Waals surface area contributed by atoms with Crippen LogP contribution in [0.1, 0.15) is 32.1 Å². The number of halogens is 1. The first kappa shape index (κ1) is 11.0. The van der Waals surface area contributed by atoms with Crippen LogP contribution in [0, 0.1) is 11.8 Å². The maximum atomic E-state index is 11.6. The number of piperidine rings is 1. The Kier molecular flexibility index (Phi) is 3.35. The molecule has 15 heavy (non-hydrogen) atoms. The third-order valence-corrected chi connectivity index (χ3v) is 4.04. The third-order valence-electron chi connectivity index (χ3n) is 3.88. The van der Waals surface area contributed by atoms with E-state index in [1.54, 1.807) is 0 Å². The van der Waals surface area contributed by atoms with Crippen molar-refractivity contribution in [2.45, 2.75) is 32.1 Å². The minimum absolute atomic E-state index is 0.0799. The molecule has 2 rings (SSSR count). The smallest absolute Gasteiger partial charge is 0.264 e. The first-order valence-electron chi connectivity index (χ1n) is 5.82. The molecule has 2 fully saturated rings. The zero-order valence-corrected chi connectivity index (χ0v) is 9.80. The van der Waals surface area contributed by atoms with E-state index in [1.807, 2.05) is 4.90 Å². The molecule has 1 heterocycles. The van der Waals surface area contributed by atoms with Crippen molar-refractivity contribution in [2.24, 2.45) is 11.8 Å². The molecule has 1 amide bonds. The van der Waals surface area contributed by atoms with Gasteiger partial charge in [-0.15, -0.1) is 0 Å². The van der Waals surface area contributed by atoms with Crippen molar-refractivity contribution in [1.82, 2.24) is 4.90 Å². The Bertz CT molecular complexity index is 265. The lowest BCUT2D eigenvalue weighted by atomic mass is 9.72. The molecule has 0 atom stereocenters. The van der Waals surface area contributed by atoms with E-state index in [9.17, 15) is 4.79 Å². The monoisotopic (exact) mass is 227 g/mol. The molecule has 1 saturated carbocycles. The maximum absolute atomic E-state index is 11.6. The summed E-state index contributed by atoms with van der Waals surface area (Å²) in [7, 11) is 0. The minimum atomic E-state index is -0.0799. The van der Waals surface area contributed by atoms with Crippen molar-refractivity contribution in [3.8, 4) is 0 Å². The molecule has 0 radical (unpaired) electrons. The van der Waals surface area contributed by atoms with Crippen LogP contribution in [0.25, 0.3) is 0 Å². The fourth-order valence-electron chi connectivity index (χ4n) is 2.66. The van der Waals surface area contributed by atoms with Gasteiger partial charge in [-0.3, -0.25) is 4.79 Å². The minimum Gasteiger partial charge on any atom is -0.338 e. The third kappa shape index (κ3) is 2.36. The molecular weight excluding hydrogens is 210 g/mol. The van der Waals surface area contributed by atoms with Crippen LogP contribution in [-0.2, 0) is 4.79 Å². The summed E-state index contributed by atoms with van der Waals surface area (Å²) in [6.45, 7) is 5.22. The quantitative estimate of drug-likeness (QED) is 0.665. The number of carbonyl (C=O) groups is 1. The highest BCUT2D eigenvalue weighted by Crippen LogP contribution is 2.38. The summed E-state index contributed by atoms with van der Waals surface area (Å²) in [5.41, 5.74) is 0. The first-order chi connectivity index (χ1) is 7.18. The number of rotatable bonds is 2. The van der Waals surface area contributed by atoms with E-state index in [0.717, 1.165) is 37.8 Å². The van der Waals surface area contributed by atoms with Crippen LogP contribution in [-0.4, -0.2) is 23.9 Å². The van der Waals surface area contributed by atoms with Gasteiger partial charge in [0.05, 0.1) is 5.03 Å². The second-order valence-electron chi connectivity index (χ2n) is 4.73. The normalized spacial score (nSPS) is 23.7. The van der Waals surface area contributed by atoms with Gasteiger partial charge in [-0.25, -0.2) is 0 Å². The SMILES string of the molecule is C=C(Cl)C(=O)N1CCC(C2CCC2)CC1. The Morgan fingerprint density at radius 1 is 1.13 bits per heavy atom. The van der Waals surface area contributed by atoms with E-state index < -0.39 is 0 Å². The number of hydrogen-bond acceptors (Lipinski definition) is 1. The molecule has 0 aromatic heterocycles. The second-order valence-corrected chi connectivity index (χ2v) is 5.18. The van der Waals surface area contributed by atoms with Gasteiger partial charge in [-0.2, -0.15) is 0 Å². The molecule has 2 nitrogen and oxygen atoms in total. The predicted molar refractivity (Wildman–Crippen MR) is 61.6 cm³/mol. The van der Waals surface area contributed by atoms with Crippen molar-refractivity contribution < 1.29 is 4.79 Å². The lowest BCUT2D eigenvalue weighted by molar-refractivity contribution is -0.128. The fraction of sp³-hybridized carbons (Fsp3) is 0.750. The average Bonchev–Trinajstić information content (AvgIpc) is 2.15. The van der Waals surface area contributed by atoms with Crippen LogP contribution in [0.15, 0.2) is 11.6 Å². The van der Waals surface area contributed by atoms with Gasteiger partial charge in [0.2, 0.25) is 0 Å². The van der Waals surface area contributed by atoms with Crippen LogP contribution < -0.4 is 0 Å². The number of amides is 1. The molecule has 1 aliphatic heterocycles. The van der Waals surface area contributed by atoms with E-state index >= 15 is 0 Å². The topological polar surface area (TPSA) is 20.3 Å². The van der Waals surface area contributed by atoms with Gasteiger partial charge in [-0.05, 0) is 24.7 Å². The molecule has 0 spiro atoms. The Morgan fingerprint density at radius 2 is 1.67 bits per heavy atom. The standard InChI is InChI=1S/C12H18ClNO/c1-9(13)12(15)14-7-5-11(6-8-14)10-3-2-4-10/h10-11H,1-8H2. The molecule has 1 aliphatic carbocycles. The summed E-state index contributed by atoms with van der Waals surface area (Å²) in [5.74, 6) is 1.72. The Hall–Kier alpha value is -0.500. The van der Waals surface area contributed by atoms with Gasteiger partial charge >= 0.3 is 0 Å². The summed E-state index contributed by atoms with van der Waals surface area (Å²) in [6.07, 6.45) is 6.52. The fourth-order valence-corrected chi connectivity index (χ4v) is 2.78. The lowest BCUT2D eigenvalue weighted by Crippen LogP contribution is -2.41. The van der Waals surface area contributed by atoms with Crippen molar-refractivity contribution in [3.05, 3.63) is 11.6 Å². The molecule has 3 heteroatoms. The summed E-state index contributed by atoms with van der Waals surface area (Å²) >= 11 is 5.61. The van der Waals surface area contributed by atoms with Crippen LogP contribution in [0.5, 0.6) is 0 Å². The molecular formula is C12H18ClNO. The lowest BCUT2D eigenvalue weighted by Gasteiger charge is -2.39.